The van der Waals surface area contributed by atoms with Crippen LogP contribution in [0.2, 0.25) is 0 Å². The van der Waals surface area contributed by atoms with Crippen LogP contribution in [0.5, 0.6) is 0 Å². The molecule has 0 aromatic rings. The van der Waals surface area contributed by atoms with Gasteiger partial charge in [0.05, 0.1) is 31.5 Å². The summed E-state index contributed by atoms with van der Waals surface area (Å²) in [6, 6.07) is 0. The zero-order chi connectivity index (χ0) is 9.56. The van der Waals surface area contributed by atoms with E-state index in [0.29, 0.717) is 13.2 Å². The van der Waals surface area contributed by atoms with E-state index in [0.717, 1.165) is 0 Å². The summed E-state index contributed by atoms with van der Waals surface area (Å²) in [5.74, 6) is 0. The van der Waals surface area contributed by atoms with Crippen molar-refractivity contribution in [3.8, 4) is 0 Å². The fourth-order valence-corrected chi connectivity index (χ4v) is 0.680. The molecule has 0 heterocycles. The lowest BCUT2D eigenvalue weighted by Crippen LogP contribution is -2.22. The Labute approximate surface area is 74.7 Å². The number of aliphatic hydroxyl groups excluding tert-OH is 1. The van der Waals surface area contributed by atoms with Crippen LogP contribution in [0, 0.1) is 0 Å². The van der Waals surface area contributed by atoms with Crippen LogP contribution in [0.15, 0.2) is 0 Å². The van der Waals surface area contributed by atoms with Crippen LogP contribution >= 0.6 is 0 Å². The lowest BCUT2D eigenvalue weighted by atomic mass is 10.4. The maximum atomic E-state index is 8.91. The lowest BCUT2D eigenvalue weighted by molar-refractivity contribution is -0.0493. The predicted octanol–water partition coefficient (Wildman–Crippen LogP) is 1.20. The Hall–Kier alpha value is -0.120. The highest BCUT2D eigenvalue weighted by molar-refractivity contribution is 4.51. The number of hydrogen-bond acceptors (Lipinski definition) is 3. The molecule has 0 fully saturated rings. The quantitative estimate of drug-likeness (QED) is 0.661. The molecule has 0 aliphatic rings. The lowest BCUT2D eigenvalue weighted by Gasteiger charge is -2.15. The third-order valence-electron chi connectivity index (χ3n) is 1.29. The molecule has 1 N–H and O–H groups in total. The van der Waals surface area contributed by atoms with Crippen molar-refractivity contribution in [1.82, 2.24) is 0 Å². The zero-order valence-electron chi connectivity index (χ0n) is 8.41. The van der Waals surface area contributed by atoms with E-state index in [4.69, 9.17) is 14.6 Å². The van der Waals surface area contributed by atoms with Gasteiger partial charge in [0.1, 0.15) is 0 Å². The normalized spacial score (nSPS) is 16.5. The minimum atomic E-state index is -0.397. The van der Waals surface area contributed by atoms with E-state index in [-0.39, 0.29) is 12.2 Å². The van der Waals surface area contributed by atoms with E-state index in [1.807, 2.05) is 20.8 Å². The monoisotopic (exact) mass is 176 g/mol. The first-order valence-corrected chi connectivity index (χ1v) is 4.43. The van der Waals surface area contributed by atoms with Crippen molar-refractivity contribution in [2.75, 3.05) is 13.2 Å². The third kappa shape index (κ3) is 7.98. The van der Waals surface area contributed by atoms with Crippen LogP contribution < -0.4 is 0 Å². The summed E-state index contributed by atoms with van der Waals surface area (Å²) in [6.45, 7) is 8.58. The van der Waals surface area contributed by atoms with Gasteiger partial charge in [-0.1, -0.05) is 0 Å². The van der Waals surface area contributed by atoms with Gasteiger partial charge in [0, 0.05) is 0 Å². The molecular weight excluding hydrogens is 156 g/mol. The summed E-state index contributed by atoms with van der Waals surface area (Å²) in [5.41, 5.74) is 0. The van der Waals surface area contributed by atoms with Crippen molar-refractivity contribution in [2.24, 2.45) is 0 Å². The minimum Gasteiger partial charge on any atom is -0.391 e. The molecule has 0 saturated heterocycles. The van der Waals surface area contributed by atoms with Gasteiger partial charge in [0.2, 0.25) is 0 Å². The van der Waals surface area contributed by atoms with Gasteiger partial charge in [0.25, 0.3) is 0 Å². The second-order valence-corrected chi connectivity index (χ2v) is 3.38. The van der Waals surface area contributed by atoms with Crippen molar-refractivity contribution in [3.05, 3.63) is 0 Å². The SMILES string of the molecule is CC(C)OC[C@H](C)OC[C@@H](C)O. The molecule has 74 valence electrons. The van der Waals surface area contributed by atoms with Crippen LogP contribution in [0.4, 0.5) is 0 Å². The Morgan fingerprint density at radius 3 is 2.00 bits per heavy atom. The van der Waals surface area contributed by atoms with Gasteiger partial charge < -0.3 is 14.6 Å². The molecule has 0 aromatic carbocycles. The van der Waals surface area contributed by atoms with Crippen LogP contribution in [0.1, 0.15) is 27.7 Å². The molecule has 3 heteroatoms. The molecule has 0 rings (SSSR count). The molecule has 0 unspecified atom stereocenters. The Balaban J connectivity index is 3.27. The van der Waals surface area contributed by atoms with Gasteiger partial charge in [-0.3, -0.25) is 0 Å². The largest absolute Gasteiger partial charge is 0.391 e. The highest BCUT2D eigenvalue weighted by atomic mass is 16.5. The van der Waals surface area contributed by atoms with Crippen LogP contribution in [0.25, 0.3) is 0 Å². The summed E-state index contributed by atoms with van der Waals surface area (Å²) in [7, 11) is 0. The topological polar surface area (TPSA) is 38.7 Å². The molecule has 0 aromatic heterocycles. The van der Waals surface area contributed by atoms with Crippen LogP contribution in [-0.4, -0.2) is 36.6 Å². The van der Waals surface area contributed by atoms with E-state index >= 15 is 0 Å². The summed E-state index contributed by atoms with van der Waals surface area (Å²) < 4.78 is 10.6. The zero-order valence-corrected chi connectivity index (χ0v) is 8.41. The second-order valence-electron chi connectivity index (χ2n) is 3.38. The number of hydrogen-bond donors (Lipinski definition) is 1. The summed E-state index contributed by atoms with van der Waals surface area (Å²) >= 11 is 0. The average molecular weight is 176 g/mol. The summed E-state index contributed by atoms with van der Waals surface area (Å²) in [4.78, 5) is 0. The van der Waals surface area contributed by atoms with Crippen molar-refractivity contribution >= 4 is 0 Å². The molecule has 0 amide bonds. The Morgan fingerprint density at radius 1 is 1.00 bits per heavy atom. The van der Waals surface area contributed by atoms with E-state index in [9.17, 15) is 0 Å². The summed E-state index contributed by atoms with van der Waals surface area (Å²) in [6.07, 6.45) is -0.101. The maximum absolute atomic E-state index is 8.91. The molecule has 3 nitrogen and oxygen atoms in total. The first-order valence-electron chi connectivity index (χ1n) is 4.43. The number of rotatable bonds is 6. The smallest absolute Gasteiger partial charge is 0.0781 e. The van der Waals surface area contributed by atoms with Crippen LogP contribution in [0.3, 0.4) is 0 Å². The van der Waals surface area contributed by atoms with Gasteiger partial charge in [-0.2, -0.15) is 0 Å². The molecule has 0 saturated carbocycles. The van der Waals surface area contributed by atoms with Gasteiger partial charge >= 0.3 is 0 Å². The molecule has 12 heavy (non-hydrogen) atoms. The standard InChI is InChI=1S/C9H20O3/c1-7(2)11-6-9(4)12-5-8(3)10/h7-10H,5-6H2,1-4H3/t8-,9+/m1/s1. The fourth-order valence-electron chi connectivity index (χ4n) is 0.680. The first-order chi connectivity index (χ1) is 5.52. The van der Waals surface area contributed by atoms with E-state index < -0.39 is 6.10 Å². The molecule has 0 spiro atoms. The maximum Gasteiger partial charge on any atom is 0.0781 e. The molecular formula is C9H20O3. The van der Waals surface area contributed by atoms with Crippen molar-refractivity contribution < 1.29 is 14.6 Å². The molecule has 0 aliphatic heterocycles. The van der Waals surface area contributed by atoms with Gasteiger partial charge in [-0.05, 0) is 27.7 Å². The predicted molar refractivity (Wildman–Crippen MR) is 48.2 cm³/mol. The number of aliphatic hydroxyl groups is 1. The molecule has 2 atom stereocenters. The van der Waals surface area contributed by atoms with Gasteiger partial charge in [-0.15, -0.1) is 0 Å². The second kappa shape index (κ2) is 6.40. The highest BCUT2D eigenvalue weighted by Gasteiger charge is 2.05. The van der Waals surface area contributed by atoms with E-state index in [2.05, 4.69) is 0 Å². The first kappa shape index (κ1) is 11.9. The van der Waals surface area contributed by atoms with Gasteiger partial charge in [-0.25, -0.2) is 0 Å². The Kier molecular flexibility index (Phi) is 6.34. The average Bonchev–Trinajstić information content (AvgIpc) is 1.96. The van der Waals surface area contributed by atoms with E-state index in [1.165, 1.54) is 0 Å². The Morgan fingerprint density at radius 2 is 1.58 bits per heavy atom. The third-order valence-corrected chi connectivity index (χ3v) is 1.29. The fraction of sp³-hybridized carbons (Fsp3) is 1.00. The highest BCUT2D eigenvalue weighted by Crippen LogP contribution is 1.96. The molecule has 0 radical (unpaired) electrons. The van der Waals surface area contributed by atoms with Crippen molar-refractivity contribution in [2.45, 2.75) is 46.0 Å². The molecule has 0 bridgehead atoms. The number of ether oxygens (including phenoxy) is 2. The Bertz CT molecular complexity index is 89.9. The summed E-state index contributed by atoms with van der Waals surface area (Å²) in [5, 5.41) is 8.91. The van der Waals surface area contributed by atoms with Crippen molar-refractivity contribution in [1.29, 1.82) is 0 Å². The van der Waals surface area contributed by atoms with Crippen molar-refractivity contribution in [3.63, 3.8) is 0 Å². The van der Waals surface area contributed by atoms with E-state index in [1.54, 1.807) is 6.92 Å². The van der Waals surface area contributed by atoms with Gasteiger partial charge in [0.15, 0.2) is 0 Å². The molecule has 0 aliphatic carbocycles. The van der Waals surface area contributed by atoms with Crippen LogP contribution in [-0.2, 0) is 9.47 Å². The minimum absolute atomic E-state index is 0.0574.